The Bertz CT molecular complexity index is 1550. The van der Waals surface area contributed by atoms with E-state index in [-0.39, 0.29) is 35.5 Å². The lowest BCUT2D eigenvalue weighted by atomic mass is 9.84. The lowest BCUT2D eigenvalue weighted by molar-refractivity contribution is 0.226. The maximum absolute atomic E-state index is 14.7. The highest BCUT2D eigenvalue weighted by Crippen LogP contribution is 2.51. The number of nitrogens with zero attached hydrogens (tertiary/aromatic N) is 1. The van der Waals surface area contributed by atoms with Crippen molar-refractivity contribution >= 4 is 11.8 Å². The fourth-order valence-electron chi connectivity index (χ4n) is 6.29. The van der Waals surface area contributed by atoms with Gasteiger partial charge in [-0.1, -0.05) is 91.0 Å². The molecule has 45 heavy (non-hydrogen) atoms. The first-order valence-electron chi connectivity index (χ1n) is 15.1. The highest BCUT2D eigenvalue weighted by Gasteiger charge is 2.41. The van der Waals surface area contributed by atoms with Gasteiger partial charge in [-0.2, -0.15) is 0 Å². The molecule has 1 N–H and O–H groups in total. The molecule has 1 fully saturated rings. The second kappa shape index (κ2) is 14.0. The van der Waals surface area contributed by atoms with Crippen LogP contribution in [-0.2, 0) is 17.8 Å². The summed E-state index contributed by atoms with van der Waals surface area (Å²) in [4.78, 5) is 1.86. The molecule has 0 bridgehead atoms. The van der Waals surface area contributed by atoms with Gasteiger partial charge in [0.1, 0.15) is 23.3 Å². The molecule has 0 amide bonds. The Balaban J connectivity index is 1.28. The summed E-state index contributed by atoms with van der Waals surface area (Å²) >= 11 is 1.91. The van der Waals surface area contributed by atoms with Crippen LogP contribution in [0.3, 0.4) is 0 Å². The Labute approximate surface area is 266 Å². The molecule has 0 saturated carbocycles. The second-order valence-electron chi connectivity index (χ2n) is 11.5. The smallest absolute Gasteiger partial charge is 0.127 e. The Morgan fingerprint density at radius 2 is 1.07 bits per heavy atom. The van der Waals surface area contributed by atoms with Crippen LogP contribution in [0.15, 0.2) is 127 Å². The van der Waals surface area contributed by atoms with Gasteiger partial charge in [0.25, 0.3) is 0 Å². The summed E-state index contributed by atoms with van der Waals surface area (Å²) in [6.45, 7) is 1.28. The van der Waals surface area contributed by atoms with E-state index in [2.05, 4.69) is 78.1 Å². The van der Waals surface area contributed by atoms with Crippen molar-refractivity contribution in [3.63, 3.8) is 0 Å². The summed E-state index contributed by atoms with van der Waals surface area (Å²) in [7, 11) is 0. The fraction of sp³-hybridized carbons (Fsp3) is 0.211. The molecule has 7 heteroatoms. The van der Waals surface area contributed by atoms with E-state index in [1.54, 1.807) is 0 Å². The summed E-state index contributed by atoms with van der Waals surface area (Å²) in [5, 5.41) is 3.84. The molecule has 5 aromatic rings. The highest BCUT2D eigenvalue weighted by molar-refractivity contribution is 8.01. The van der Waals surface area contributed by atoms with E-state index in [1.165, 1.54) is 28.8 Å². The van der Waals surface area contributed by atoms with Gasteiger partial charge in [-0.3, -0.25) is 4.90 Å². The zero-order chi connectivity index (χ0) is 31.2. The minimum atomic E-state index is -0.544. The van der Waals surface area contributed by atoms with Gasteiger partial charge in [0.2, 0.25) is 0 Å². The lowest BCUT2D eigenvalue weighted by Crippen LogP contribution is -2.37. The molecular formula is C38H34F4N2S. The van der Waals surface area contributed by atoms with Gasteiger partial charge >= 0.3 is 0 Å². The zero-order valence-corrected chi connectivity index (χ0v) is 25.5. The van der Waals surface area contributed by atoms with Crippen LogP contribution in [0.4, 0.5) is 17.6 Å². The van der Waals surface area contributed by atoms with E-state index in [0.717, 1.165) is 37.2 Å². The fourth-order valence-corrected chi connectivity index (χ4v) is 8.12. The van der Waals surface area contributed by atoms with Crippen molar-refractivity contribution in [3.05, 3.63) is 178 Å². The predicted octanol–water partition coefficient (Wildman–Crippen LogP) is 8.70. The SMILES string of the molecule is Fc1ccc(F)c(CN(Cc2cc(F)ccc2F)C[C@@H]2C[C@@H](SC(c3ccccc3)(c3ccccc3)c3ccccc3)CN2)c1. The van der Waals surface area contributed by atoms with Crippen LogP contribution in [0.2, 0.25) is 0 Å². The van der Waals surface area contributed by atoms with Gasteiger partial charge < -0.3 is 5.32 Å². The van der Waals surface area contributed by atoms with E-state index >= 15 is 0 Å². The topological polar surface area (TPSA) is 15.3 Å². The van der Waals surface area contributed by atoms with Crippen molar-refractivity contribution in [1.82, 2.24) is 10.2 Å². The number of benzene rings is 5. The molecule has 230 valence electrons. The van der Waals surface area contributed by atoms with E-state index in [4.69, 9.17) is 0 Å². The third kappa shape index (κ3) is 7.17. The van der Waals surface area contributed by atoms with E-state index in [1.807, 2.05) is 34.9 Å². The molecule has 1 heterocycles. The van der Waals surface area contributed by atoms with E-state index < -0.39 is 28.0 Å². The molecule has 0 unspecified atom stereocenters. The number of thioether (sulfide) groups is 1. The van der Waals surface area contributed by atoms with Gasteiger partial charge in [-0.05, 0) is 59.5 Å². The van der Waals surface area contributed by atoms with Crippen LogP contribution in [0.1, 0.15) is 34.2 Å². The van der Waals surface area contributed by atoms with E-state index in [9.17, 15) is 17.6 Å². The minimum Gasteiger partial charge on any atom is -0.312 e. The molecule has 0 radical (unpaired) electrons. The molecule has 1 aliphatic heterocycles. The minimum absolute atomic E-state index is 0.00393. The maximum atomic E-state index is 14.7. The summed E-state index contributed by atoms with van der Waals surface area (Å²) < 4.78 is 57.1. The lowest BCUT2D eigenvalue weighted by Gasteiger charge is -2.37. The molecule has 0 spiro atoms. The quantitative estimate of drug-likeness (QED) is 0.117. The standard InChI is InChI=1S/C38H34F4N2S/c39-32-16-18-36(41)27(20-32)24-44(25-28-21-33(40)17-19-37(28)42)26-34-22-35(23-43-34)45-38(29-10-4-1-5-11-29,30-12-6-2-7-13-30)31-14-8-3-9-15-31/h1-21,34-35,43H,22-26H2/t34-,35+/m0/s1. The van der Waals surface area contributed by atoms with Crippen LogP contribution in [0, 0.1) is 23.3 Å². The summed E-state index contributed by atoms with van der Waals surface area (Å²) in [6, 6.07) is 38.2. The third-order valence-corrected chi connectivity index (χ3v) is 10.1. The summed E-state index contributed by atoms with van der Waals surface area (Å²) in [5.41, 5.74) is 3.89. The molecule has 5 aromatic carbocycles. The summed E-state index contributed by atoms with van der Waals surface area (Å²) in [5.74, 6) is -2.16. The first kappa shape index (κ1) is 31.1. The number of hydrogen-bond acceptors (Lipinski definition) is 3. The Morgan fingerprint density at radius 3 is 1.51 bits per heavy atom. The van der Waals surface area contributed by atoms with Gasteiger partial charge in [0, 0.05) is 48.6 Å². The molecule has 2 nitrogen and oxygen atoms in total. The Morgan fingerprint density at radius 1 is 0.622 bits per heavy atom. The summed E-state index contributed by atoms with van der Waals surface area (Å²) in [6.07, 6.45) is 0.798. The van der Waals surface area contributed by atoms with Gasteiger partial charge in [-0.25, -0.2) is 17.6 Å². The van der Waals surface area contributed by atoms with Crippen molar-refractivity contribution in [2.75, 3.05) is 13.1 Å². The zero-order valence-electron chi connectivity index (χ0n) is 24.7. The first-order chi connectivity index (χ1) is 21.9. The first-order valence-corrected chi connectivity index (χ1v) is 16.0. The van der Waals surface area contributed by atoms with Crippen molar-refractivity contribution in [1.29, 1.82) is 0 Å². The van der Waals surface area contributed by atoms with Gasteiger partial charge in [-0.15, -0.1) is 11.8 Å². The highest BCUT2D eigenvalue weighted by atomic mass is 32.2. The van der Waals surface area contributed by atoms with Crippen LogP contribution in [0.25, 0.3) is 0 Å². The predicted molar refractivity (Wildman–Crippen MR) is 174 cm³/mol. The molecule has 0 aromatic heterocycles. The van der Waals surface area contributed by atoms with Crippen molar-refractivity contribution in [2.24, 2.45) is 0 Å². The average molecular weight is 627 g/mol. The van der Waals surface area contributed by atoms with Gasteiger partial charge in [0.05, 0.1) is 4.75 Å². The van der Waals surface area contributed by atoms with Crippen molar-refractivity contribution in [3.8, 4) is 0 Å². The molecule has 2 atom stereocenters. The van der Waals surface area contributed by atoms with Crippen LogP contribution in [-0.4, -0.2) is 29.3 Å². The molecule has 6 rings (SSSR count). The largest absolute Gasteiger partial charge is 0.312 e. The number of nitrogens with one attached hydrogen (secondary N) is 1. The molecule has 0 aliphatic carbocycles. The molecule has 1 aliphatic rings. The molecular weight excluding hydrogens is 592 g/mol. The van der Waals surface area contributed by atoms with Crippen LogP contribution >= 0.6 is 11.8 Å². The van der Waals surface area contributed by atoms with Crippen molar-refractivity contribution in [2.45, 2.75) is 35.5 Å². The second-order valence-corrected chi connectivity index (χ2v) is 13.0. The Kier molecular flexibility index (Phi) is 9.69. The van der Waals surface area contributed by atoms with Crippen LogP contribution < -0.4 is 5.32 Å². The Hall–Kier alpha value is -3.91. The van der Waals surface area contributed by atoms with Crippen molar-refractivity contribution < 1.29 is 17.6 Å². The maximum Gasteiger partial charge on any atom is 0.127 e. The average Bonchev–Trinajstić information content (AvgIpc) is 3.51. The third-order valence-electron chi connectivity index (χ3n) is 8.35. The van der Waals surface area contributed by atoms with Crippen LogP contribution in [0.5, 0.6) is 0 Å². The van der Waals surface area contributed by atoms with Gasteiger partial charge in [0.15, 0.2) is 0 Å². The molecule has 1 saturated heterocycles. The normalized spacial score (nSPS) is 16.7. The number of hydrogen-bond donors (Lipinski definition) is 1. The monoisotopic (exact) mass is 626 g/mol. The number of rotatable bonds is 11. The number of halogens is 4. The van der Waals surface area contributed by atoms with E-state index in [0.29, 0.717) is 6.54 Å².